The van der Waals surface area contributed by atoms with E-state index in [4.69, 9.17) is 56.5 Å². The van der Waals surface area contributed by atoms with E-state index in [9.17, 15) is 0 Å². The van der Waals surface area contributed by atoms with E-state index in [1.165, 1.54) is 0 Å². The van der Waals surface area contributed by atoms with E-state index in [-0.39, 0.29) is 5.48 Å². The van der Waals surface area contributed by atoms with Crippen molar-refractivity contribution in [3.63, 3.8) is 0 Å². The molecule has 62 valence electrons. The molecule has 0 aliphatic rings. The van der Waals surface area contributed by atoms with Gasteiger partial charge in [0.1, 0.15) is 0 Å². The van der Waals surface area contributed by atoms with E-state index >= 15 is 0 Å². The van der Waals surface area contributed by atoms with Crippen molar-refractivity contribution in [1.82, 2.24) is 0 Å². The van der Waals surface area contributed by atoms with Crippen molar-refractivity contribution in [1.29, 1.82) is 0 Å². The average molecular weight is 426 g/mol. The molecule has 0 saturated heterocycles. The standard InChI is InChI=1S/6ClH.H2O.Pt/h6*1H;1H2;/q;;;;;;;+4/p-6. The molecule has 1 nitrogen and oxygen atoms in total. The first-order valence-electron chi connectivity index (χ1n) is 0.717. The fraction of sp³-hybridized carbons (Fsp3) is 0. The van der Waals surface area contributed by atoms with Gasteiger partial charge in [-0.3, -0.25) is 0 Å². The Kier molecular flexibility index (Phi) is 3.55. The van der Waals surface area contributed by atoms with E-state index in [0.717, 1.165) is 0 Å². The molecule has 0 aliphatic carbocycles. The summed E-state index contributed by atoms with van der Waals surface area (Å²) < 4.78 is 0. The minimum absolute atomic E-state index is 0. The Labute approximate surface area is 68.5 Å². The summed E-state index contributed by atoms with van der Waals surface area (Å²) in [6.45, 7) is 0. The Morgan fingerprint density at radius 3 is 0.625 bits per heavy atom. The van der Waals surface area contributed by atoms with E-state index in [1.807, 2.05) is 0 Å². The molecule has 0 bridgehead atoms. The first-order chi connectivity index (χ1) is 2.45. The second-order valence-electron chi connectivity index (χ2n) is 0.678. The zero-order valence-electron chi connectivity index (χ0n) is 3.08. The van der Waals surface area contributed by atoms with Crippen LogP contribution in [0.15, 0.2) is 0 Å². The summed E-state index contributed by atoms with van der Waals surface area (Å²) in [6.07, 6.45) is 0. The van der Waals surface area contributed by atoms with Gasteiger partial charge in [0.2, 0.25) is 0 Å². The molecule has 0 amide bonds. The third-order valence-electron chi connectivity index (χ3n) is 0. The van der Waals surface area contributed by atoms with Crippen LogP contribution in [0.3, 0.4) is 0 Å². The molecule has 0 unspecified atom stereocenters. The molecule has 8 heavy (non-hydrogen) atoms. The molecule has 0 saturated carbocycles. The molecule has 0 aromatic rings. The van der Waals surface area contributed by atoms with Crippen LogP contribution >= 0.6 is 56.5 Å². The molecular weight excluding hydrogens is 424 g/mol. The van der Waals surface area contributed by atoms with Crippen LogP contribution in [0.4, 0.5) is 0 Å². The summed E-state index contributed by atoms with van der Waals surface area (Å²) in [4.78, 5) is 0. The van der Waals surface area contributed by atoms with Crippen LogP contribution in [-0.4, -0.2) is 5.48 Å². The summed E-state index contributed by atoms with van der Waals surface area (Å²) in [5.74, 6) is 0. The van der Waals surface area contributed by atoms with Gasteiger partial charge in [0.05, 0.1) is 0 Å². The monoisotopic (exact) mass is 423 g/mol. The van der Waals surface area contributed by atoms with Crippen molar-refractivity contribution in [2.75, 3.05) is 0 Å². The van der Waals surface area contributed by atoms with Gasteiger partial charge in [-0.25, -0.2) is 0 Å². The Hall–Kier alpha value is 2.39. The summed E-state index contributed by atoms with van der Waals surface area (Å²) in [6, 6.07) is 0. The zero-order chi connectivity index (χ0) is 6.41. The zero-order valence-corrected chi connectivity index (χ0v) is 9.89. The second kappa shape index (κ2) is 2.18. The molecular formula is H2Cl6OPt-2. The Morgan fingerprint density at radius 1 is 0.625 bits per heavy atom. The van der Waals surface area contributed by atoms with Crippen molar-refractivity contribution in [3.8, 4) is 0 Å². The molecule has 0 fully saturated rings. The summed E-state index contributed by atoms with van der Waals surface area (Å²) in [7, 11) is 25.0. The maximum atomic E-state index is 5.05. The van der Waals surface area contributed by atoms with Crippen LogP contribution in [0.1, 0.15) is 0 Å². The molecule has 0 atom stereocenters. The topological polar surface area (TPSA) is 31.5 Å². The first-order valence-corrected chi connectivity index (χ1v) is 17.6. The van der Waals surface area contributed by atoms with Crippen molar-refractivity contribution < 1.29 is 12.8 Å². The van der Waals surface area contributed by atoms with Gasteiger partial charge in [-0.15, -0.1) is 0 Å². The second-order valence-corrected chi connectivity index (χ2v) is 49.9. The van der Waals surface area contributed by atoms with Gasteiger partial charge >= 0.3 is 63.8 Å². The summed E-state index contributed by atoms with van der Waals surface area (Å²) in [5, 5.41) is 0. The molecule has 0 aromatic carbocycles. The Bertz CT molecular complexity index is 67.1. The van der Waals surface area contributed by atoms with Crippen molar-refractivity contribution in [2.24, 2.45) is 0 Å². The Morgan fingerprint density at radius 2 is 0.625 bits per heavy atom. The van der Waals surface area contributed by atoms with E-state index in [1.54, 1.807) is 0 Å². The van der Waals surface area contributed by atoms with Gasteiger partial charge in [-0.2, -0.15) is 0 Å². The maximum absolute atomic E-state index is 5.29. The molecule has 8 heteroatoms. The molecule has 0 spiro atoms. The van der Waals surface area contributed by atoms with Gasteiger partial charge in [0.15, 0.2) is 0 Å². The van der Waals surface area contributed by atoms with Crippen LogP contribution in [0.5, 0.6) is 0 Å². The van der Waals surface area contributed by atoms with Crippen LogP contribution in [0, 0.1) is 0 Å². The minimum atomic E-state index is -5.29. The quantitative estimate of drug-likeness (QED) is 0.570. The number of hydrogen-bond acceptors (Lipinski definition) is 0. The van der Waals surface area contributed by atoms with Gasteiger partial charge in [0, 0.05) is 0 Å². The number of hydrogen-bond donors (Lipinski definition) is 0. The average Bonchev–Trinajstić information content (AvgIpc) is 0.592. The van der Waals surface area contributed by atoms with Crippen LogP contribution in [0.2, 0.25) is 0 Å². The van der Waals surface area contributed by atoms with Crippen LogP contribution < -0.4 is 0 Å². The van der Waals surface area contributed by atoms with E-state index < -0.39 is 7.31 Å². The van der Waals surface area contributed by atoms with Crippen molar-refractivity contribution in [2.45, 2.75) is 0 Å². The number of rotatable bonds is 0. The molecule has 2 N–H and O–H groups in total. The number of halogens is 6. The molecule has 0 rings (SSSR count). The van der Waals surface area contributed by atoms with Crippen LogP contribution in [-0.2, 0) is 7.31 Å². The molecule has 0 aromatic heterocycles. The van der Waals surface area contributed by atoms with Gasteiger partial charge in [-0.1, -0.05) is 0 Å². The van der Waals surface area contributed by atoms with Gasteiger partial charge < -0.3 is 5.48 Å². The van der Waals surface area contributed by atoms with Crippen molar-refractivity contribution >= 4 is 56.5 Å². The van der Waals surface area contributed by atoms with Gasteiger partial charge in [0.25, 0.3) is 0 Å². The molecule has 0 aliphatic heterocycles. The molecule has 0 heterocycles. The SMILES string of the molecule is O.[Cl][Pt-2]([Cl])([Cl])([Cl])([Cl])[Cl]. The third-order valence-corrected chi connectivity index (χ3v) is 0. The van der Waals surface area contributed by atoms with Gasteiger partial charge in [-0.05, 0) is 0 Å². The van der Waals surface area contributed by atoms with E-state index in [0.29, 0.717) is 0 Å². The normalized spacial score (nSPS) is 20.2. The fourth-order valence-corrected chi connectivity index (χ4v) is 0. The third kappa shape index (κ3) is 80.3. The fourth-order valence-electron chi connectivity index (χ4n) is 0. The molecule has 0 radical (unpaired) electrons. The van der Waals surface area contributed by atoms with Crippen LogP contribution in [0.25, 0.3) is 0 Å². The van der Waals surface area contributed by atoms with E-state index in [2.05, 4.69) is 0 Å². The van der Waals surface area contributed by atoms with Crippen molar-refractivity contribution in [3.05, 3.63) is 0 Å². The summed E-state index contributed by atoms with van der Waals surface area (Å²) >= 11 is 0. The Balaban J connectivity index is 0. The summed E-state index contributed by atoms with van der Waals surface area (Å²) in [5.41, 5.74) is 0. The predicted octanol–water partition coefficient (Wildman–Crippen LogP) is 3.31. The first kappa shape index (κ1) is 13.0. The predicted molar refractivity (Wildman–Crippen MR) is 38.7 cm³/mol.